The van der Waals surface area contributed by atoms with E-state index in [9.17, 15) is 4.79 Å². The van der Waals surface area contributed by atoms with Gasteiger partial charge in [0.1, 0.15) is 9.88 Å². The van der Waals surface area contributed by atoms with Gasteiger partial charge in [0.2, 0.25) is 0 Å². The first kappa shape index (κ1) is 22.6. The molecule has 0 bridgehead atoms. The molecule has 1 amide bonds. The molecular formula is C18H20Cl3N5OS. The molecule has 0 radical (unpaired) electrons. The van der Waals surface area contributed by atoms with Crippen LogP contribution in [0, 0.1) is 0 Å². The maximum absolute atomic E-state index is 13.1. The number of hydrogen-bond donors (Lipinski definition) is 1. The third-order valence-corrected chi connectivity index (χ3v) is 5.82. The normalized spacial score (nSPS) is 16.2. The number of nitrogens with one attached hydrogen (secondary N) is 1. The van der Waals surface area contributed by atoms with Crippen LogP contribution < -0.4 is 5.32 Å². The smallest absolute Gasteiger partial charge is 0.266 e. The topological polar surface area (TPSA) is 63.1 Å². The van der Waals surface area contributed by atoms with Crippen LogP contribution in [0.2, 0.25) is 5.02 Å². The van der Waals surface area contributed by atoms with Crippen molar-refractivity contribution in [2.24, 2.45) is 7.05 Å². The molecule has 0 aliphatic carbocycles. The number of thiazole rings is 1. The van der Waals surface area contributed by atoms with Crippen molar-refractivity contribution in [3.63, 3.8) is 0 Å². The molecule has 0 saturated carbocycles. The van der Waals surface area contributed by atoms with Crippen LogP contribution in [0.25, 0.3) is 10.6 Å². The van der Waals surface area contributed by atoms with E-state index in [-0.39, 0.29) is 36.8 Å². The SMILES string of the molecule is Cl.Cl.Cn1cc(-c2ncc(C(=O)N3CCNCC3c3ccccc3Cl)s2)cn1. The molecule has 1 atom stereocenters. The van der Waals surface area contributed by atoms with E-state index in [1.165, 1.54) is 11.3 Å². The summed E-state index contributed by atoms with van der Waals surface area (Å²) in [5, 5.41) is 9.00. The zero-order chi connectivity index (χ0) is 18.1. The minimum absolute atomic E-state index is 0. The zero-order valence-electron chi connectivity index (χ0n) is 15.0. The van der Waals surface area contributed by atoms with Crippen LogP contribution >= 0.6 is 47.8 Å². The second-order valence-corrected chi connectivity index (χ2v) is 7.61. The van der Waals surface area contributed by atoms with Gasteiger partial charge in [-0.05, 0) is 11.6 Å². The standard InChI is InChI=1S/C18H18ClN5OS.2ClH/c1-23-11-12(8-22-23)17-21-10-16(26-17)18(25)24-7-6-20-9-15(24)13-4-2-3-5-14(13)19;;/h2-5,8,10-11,15,20H,6-7,9H2,1H3;2*1H. The van der Waals surface area contributed by atoms with Crippen molar-refractivity contribution in [2.45, 2.75) is 6.04 Å². The number of carbonyl (C=O) groups is 1. The summed E-state index contributed by atoms with van der Waals surface area (Å²) in [6.45, 7) is 2.08. The number of hydrogen-bond acceptors (Lipinski definition) is 5. The first-order chi connectivity index (χ1) is 12.6. The van der Waals surface area contributed by atoms with Crippen molar-refractivity contribution in [1.29, 1.82) is 0 Å². The molecule has 0 spiro atoms. The van der Waals surface area contributed by atoms with Crippen molar-refractivity contribution in [3.8, 4) is 10.6 Å². The molecule has 28 heavy (non-hydrogen) atoms. The van der Waals surface area contributed by atoms with Crippen molar-refractivity contribution < 1.29 is 4.79 Å². The van der Waals surface area contributed by atoms with E-state index >= 15 is 0 Å². The highest BCUT2D eigenvalue weighted by molar-refractivity contribution is 7.16. The quantitative estimate of drug-likeness (QED) is 0.645. The Balaban J connectivity index is 0.00000140. The van der Waals surface area contributed by atoms with Crippen molar-refractivity contribution in [2.75, 3.05) is 19.6 Å². The number of piperazine rings is 1. The van der Waals surface area contributed by atoms with Crippen molar-refractivity contribution in [3.05, 3.63) is 58.3 Å². The number of carbonyl (C=O) groups excluding carboxylic acids is 1. The largest absolute Gasteiger partial charge is 0.328 e. The van der Waals surface area contributed by atoms with E-state index in [4.69, 9.17) is 11.6 Å². The lowest BCUT2D eigenvalue weighted by Crippen LogP contribution is -2.48. The van der Waals surface area contributed by atoms with Crippen molar-refractivity contribution >= 4 is 53.7 Å². The lowest BCUT2D eigenvalue weighted by Gasteiger charge is -2.36. The fourth-order valence-corrected chi connectivity index (χ4v) is 4.26. The van der Waals surface area contributed by atoms with Gasteiger partial charge in [-0.3, -0.25) is 9.48 Å². The van der Waals surface area contributed by atoms with Crippen molar-refractivity contribution in [1.82, 2.24) is 25.0 Å². The Bertz CT molecular complexity index is 945. The lowest BCUT2D eigenvalue weighted by atomic mass is 10.0. The third kappa shape index (κ3) is 4.50. The first-order valence-electron chi connectivity index (χ1n) is 8.34. The number of aromatic nitrogens is 3. The van der Waals surface area contributed by atoms with Gasteiger partial charge < -0.3 is 10.2 Å². The molecule has 2 aromatic heterocycles. The van der Waals surface area contributed by atoms with E-state index < -0.39 is 0 Å². The molecule has 3 heterocycles. The zero-order valence-corrected chi connectivity index (χ0v) is 18.2. The Kier molecular flexibility index (Phi) is 7.86. The molecule has 1 aromatic carbocycles. The van der Waals surface area contributed by atoms with Crippen LogP contribution in [0.15, 0.2) is 42.9 Å². The molecule has 1 aliphatic rings. The van der Waals surface area contributed by atoms with Crippen LogP contribution in [-0.2, 0) is 7.05 Å². The van der Waals surface area contributed by atoms with E-state index in [1.54, 1.807) is 17.1 Å². The molecule has 6 nitrogen and oxygen atoms in total. The molecule has 1 N–H and O–H groups in total. The highest BCUT2D eigenvalue weighted by Crippen LogP contribution is 2.31. The molecular weight excluding hydrogens is 441 g/mol. The average Bonchev–Trinajstić information content (AvgIpc) is 3.31. The van der Waals surface area contributed by atoms with Crippen LogP contribution in [-0.4, -0.2) is 45.2 Å². The second kappa shape index (κ2) is 9.71. The predicted octanol–water partition coefficient (Wildman–Crippen LogP) is 3.83. The number of nitrogens with zero attached hydrogens (tertiary/aromatic N) is 4. The molecule has 1 unspecified atom stereocenters. The monoisotopic (exact) mass is 459 g/mol. The summed E-state index contributed by atoms with van der Waals surface area (Å²) in [4.78, 5) is 20.1. The maximum atomic E-state index is 13.1. The van der Waals surface area contributed by atoms with Gasteiger partial charge >= 0.3 is 0 Å². The van der Waals surface area contributed by atoms with Gasteiger partial charge in [0, 0.05) is 43.5 Å². The predicted molar refractivity (Wildman–Crippen MR) is 117 cm³/mol. The molecule has 1 fully saturated rings. The molecule has 1 aliphatic heterocycles. The summed E-state index contributed by atoms with van der Waals surface area (Å²) in [5.41, 5.74) is 1.88. The fourth-order valence-electron chi connectivity index (χ4n) is 3.15. The summed E-state index contributed by atoms with van der Waals surface area (Å²) in [6, 6.07) is 7.60. The summed E-state index contributed by atoms with van der Waals surface area (Å²) in [5.74, 6) is -0.0101. The third-order valence-electron chi connectivity index (χ3n) is 4.44. The van der Waals surface area contributed by atoms with E-state index in [2.05, 4.69) is 15.4 Å². The Hall–Kier alpha value is -1.64. The van der Waals surface area contributed by atoms with Gasteiger partial charge in [0.05, 0.1) is 18.4 Å². The Morgan fingerprint density at radius 3 is 2.79 bits per heavy atom. The average molecular weight is 461 g/mol. The van der Waals surface area contributed by atoms with Gasteiger partial charge in [-0.15, -0.1) is 36.2 Å². The molecule has 10 heteroatoms. The van der Waals surface area contributed by atoms with Gasteiger partial charge in [-0.1, -0.05) is 29.8 Å². The van der Waals surface area contributed by atoms with E-state index in [0.29, 0.717) is 23.0 Å². The van der Waals surface area contributed by atoms with Gasteiger partial charge in [0.25, 0.3) is 5.91 Å². The van der Waals surface area contributed by atoms with Crippen LogP contribution in [0.3, 0.4) is 0 Å². The maximum Gasteiger partial charge on any atom is 0.266 e. The molecule has 3 aromatic rings. The Morgan fingerprint density at radius 2 is 2.07 bits per heavy atom. The van der Waals surface area contributed by atoms with Crippen LogP contribution in [0.5, 0.6) is 0 Å². The first-order valence-corrected chi connectivity index (χ1v) is 9.54. The second-order valence-electron chi connectivity index (χ2n) is 6.17. The molecule has 150 valence electrons. The Labute approximate surface area is 184 Å². The summed E-state index contributed by atoms with van der Waals surface area (Å²) in [7, 11) is 1.86. The van der Waals surface area contributed by atoms with E-state index in [0.717, 1.165) is 22.7 Å². The van der Waals surface area contributed by atoms with Crippen LogP contribution in [0.4, 0.5) is 0 Å². The number of benzene rings is 1. The van der Waals surface area contributed by atoms with Crippen LogP contribution in [0.1, 0.15) is 21.3 Å². The number of aryl methyl sites for hydroxylation is 1. The lowest BCUT2D eigenvalue weighted by molar-refractivity contribution is 0.0639. The number of rotatable bonds is 3. The summed E-state index contributed by atoms with van der Waals surface area (Å²) < 4.78 is 1.72. The fraction of sp³-hybridized carbons (Fsp3) is 0.278. The number of halogens is 3. The minimum atomic E-state index is -0.0890. The van der Waals surface area contributed by atoms with Gasteiger partial charge in [0.15, 0.2) is 0 Å². The minimum Gasteiger partial charge on any atom is -0.328 e. The van der Waals surface area contributed by atoms with Gasteiger partial charge in [-0.25, -0.2) is 4.98 Å². The van der Waals surface area contributed by atoms with E-state index in [1.807, 2.05) is 42.4 Å². The summed E-state index contributed by atoms with van der Waals surface area (Å²) in [6.07, 6.45) is 5.30. The Morgan fingerprint density at radius 1 is 1.29 bits per heavy atom. The van der Waals surface area contributed by atoms with Gasteiger partial charge in [-0.2, -0.15) is 5.10 Å². The highest BCUT2D eigenvalue weighted by atomic mass is 35.5. The highest BCUT2D eigenvalue weighted by Gasteiger charge is 2.30. The number of amides is 1. The molecule has 4 rings (SSSR count). The molecule has 1 saturated heterocycles. The summed E-state index contributed by atoms with van der Waals surface area (Å²) >= 11 is 7.77.